The summed E-state index contributed by atoms with van der Waals surface area (Å²) >= 11 is 0. The quantitative estimate of drug-likeness (QED) is 0.257. The number of nitrogen functional groups attached to an aromatic ring is 1. The number of anilines is 1. The van der Waals surface area contributed by atoms with Crippen molar-refractivity contribution in [2.45, 2.75) is 32.2 Å². The molecule has 0 saturated heterocycles. The maximum atomic E-state index is 13.4. The zero-order valence-corrected chi connectivity index (χ0v) is 19.5. The molecule has 0 radical (unpaired) electrons. The van der Waals surface area contributed by atoms with Crippen LogP contribution in [0.3, 0.4) is 0 Å². The minimum Gasteiger partial charge on any atom is -0.481 e. The minimum absolute atomic E-state index is 0.0388. The van der Waals surface area contributed by atoms with Crippen LogP contribution in [0.25, 0.3) is 10.8 Å². The van der Waals surface area contributed by atoms with Gasteiger partial charge in [0.25, 0.3) is 5.91 Å². The molecule has 0 spiro atoms. The van der Waals surface area contributed by atoms with Crippen molar-refractivity contribution in [1.29, 1.82) is 0 Å². The van der Waals surface area contributed by atoms with Crippen LogP contribution in [-0.4, -0.2) is 17.0 Å². The number of nitrogens with one attached hydrogen (secondary N) is 1. The van der Waals surface area contributed by atoms with Crippen LogP contribution in [0.2, 0.25) is 0 Å². The number of amides is 1. The molecule has 0 bridgehead atoms. The molecule has 0 aliphatic heterocycles. The Bertz CT molecular complexity index is 1340. The molecule has 4 aromatic carbocycles. The van der Waals surface area contributed by atoms with Crippen molar-refractivity contribution in [2.24, 2.45) is 0 Å². The topological polar surface area (TPSA) is 102 Å². The van der Waals surface area contributed by atoms with Crippen molar-refractivity contribution in [3.8, 4) is 11.5 Å². The van der Waals surface area contributed by atoms with Gasteiger partial charge >= 0.3 is 5.97 Å². The van der Waals surface area contributed by atoms with E-state index in [0.717, 1.165) is 21.9 Å². The first-order chi connectivity index (χ1) is 16.9. The van der Waals surface area contributed by atoms with Gasteiger partial charge < -0.3 is 20.9 Å². The second-order valence-electron chi connectivity index (χ2n) is 8.50. The number of fused-ring (bicyclic) bond motifs is 1. The summed E-state index contributed by atoms with van der Waals surface area (Å²) in [6, 6.07) is 26.2. The fourth-order valence-electron chi connectivity index (χ4n) is 4.13. The standard InChI is InChI=1S/C29H28N2O4/c1-19(25-10-4-7-20-6-2-3-9-26(20)25)31-29(34)27-18-24(35-23-16-13-22(30)14-17-23)15-12-21(27)8-5-11-28(32)33/h2-4,6-7,9-10,12-19H,5,8,11,30H2,1H3,(H,31,34)(H,32,33). The number of carbonyl (C=O) groups is 2. The monoisotopic (exact) mass is 468 g/mol. The molecule has 0 fully saturated rings. The molecule has 0 heterocycles. The summed E-state index contributed by atoms with van der Waals surface area (Å²) in [6.45, 7) is 1.96. The first-order valence-corrected chi connectivity index (χ1v) is 11.6. The Kier molecular flexibility index (Phi) is 7.31. The minimum atomic E-state index is -0.858. The van der Waals surface area contributed by atoms with Gasteiger partial charge in [-0.15, -0.1) is 0 Å². The first kappa shape index (κ1) is 23.8. The first-order valence-electron chi connectivity index (χ1n) is 11.6. The van der Waals surface area contributed by atoms with Gasteiger partial charge in [0.15, 0.2) is 0 Å². The fraction of sp³-hybridized carbons (Fsp3) is 0.172. The zero-order chi connectivity index (χ0) is 24.8. The SMILES string of the molecule is CC(NC(=O)c1cc(Oc2ccc(N)cc2)ccc1CCCC(=O)O)c1cccc2ccccc12. The summed E-state index contributed by atoms with van der Waals surface area (Å²) in [4.78, 5) is 24.4. The van der Waals surface area contributed by atoms with Gasteiger partial charge in [-0.25, -0.2) is 0 Å². The number of carboxylic acids is 1. The zero-order valence-electron chi connectivity index (χ0n) is 19.5. The Morgan fingerprint density at radius 1 is 0.943 bits per heavy atom. The van der Waals surface area contributed by atoms with Crippen LogP contribution in [0.15, 0.2) is 84.9 Å². The summed E-state index contributed by atoms with van der Waals surface area (Å²) in [5.74, 6) is 0.0235. The van der Waals surface area contributed by atoms with E-state index in [0.29, 0.717) is 35.6 Å². The molecule has 0 aliphatic rings. The maximum absolute atomic E-state index is 13.4. The lowest BCUT2D eigenvalue weighted by atomic mass is 9.98. The lowest BCUT2D eigenvalue weighted by Gasteiger charge is -2.19. The largest absolute Gasteiger partial charge is 0.481 e. The Balaban J connectivity index is 1.60. The van der Waals surface area contributed by atoms with E-state index in [1.165, 1.54) is 0 Å². The predicted octanol–water partition coefficient (Wildman–Crippen LogP) is 6.11. The molecule has 0 saturated carbocycles. The van der Waals surface area contributed by atoms with Crippen LogP contribution in [-0.2, 0) is 11.2 Å². The number of hydrogen-bond acceptors (Lipinski definition) is 4. The van der Waals surface area contributed by atoms with E-state index in [1.54, 1.807) is 36.4 Å². The maximum Gasteiger partial charge on any atom is 0.303 e. The van der Waals surface area contributed by atoms with Crippen molar-refractivity contribution in [1.82, 2.24) is 5.32 Å². The Morgan fingerprint density at radius 3 is 2.43 bits per heavy atom. The second-order valence-corrected chi connectivity index (χ2v) is 8.50. The summed E-state index contributed by atoms with van der Waals surface area (Å²) in [6.07, 6.45) is 0.948. The van der Waals surface area contributed by atoms with Crippen LogP contribution >= 0.6 is 0 Å². The Hall–Kier alpha value is -4.32. The third-order valence-corrected chi connectivity index (χ3v) is 5.92. The number of benzene rings is 4. The molecular weight excluding hydrogens is 440 g/mol. The number of aliphatic carboxylic acids is 1. The van der Waals surface area contributed by atoms with Gasteiger partial charge in [-0.3, -0.25) is 9.59 Å². The van der Waals surface area contributed by atoms with E-state index in [2.05, 4.69) is 5.32 Å². The Morgan fingerprint density at radius 2 is 1.66 bits per heavy atom. The van der Waals surface area contributed by atoms with Crippen LogP contribution in [0, 0.1) is 0 Å². The van der Waals surface area contributed by atoms with E-state index >= 15 is 0 Å². The van der Waals surface area contributed by atoms with Crippen molar-refractivity contribution >= 4 is 28.3 Å². The van der Waals surface area contributed by atoms with Gasteiger partial charge in [-0.1, -0.05) is 48.5 Å². The van der Waals surface area contributed by atoms with Crippen molar-refractivity contribution < 1.29 is 19.4 Å². The molecule has 1 unspecified atom stereocenters. The van der Waals surface area contributed by atoms with E-state index in [4.69, 9.17) is 15.6 Å². The molecule has 6 nitrogen and oxygen atoms in total. The fourth-order valence-corrected chi connectivity index (χ4v) is 4.13. The molecule has 4 N–H and O–H groups in total. The molecule has 0 aromatic heterocycles. The summed E-state index contributed by atoms with van der Waals surface area (Å²) in [5.41, 5.74) is 8.65. The number of hydrogen-bond donors (Lipinski definition) is 3. The lowest BCUT2D eigenvalue weighted by Crippen LogP contribution is -2.27. The van der Waals surface area contributed by atoms with Crippen LogP contribution in [0.5, 0.6) is 11.5 Å². The smallest absolute Gasteiger partial charge is 0.303 e. The summed E-state index contributed by atoms with van der Waals surface area (Å²) < 4.78 is 5.94. The third-order valence-electron chi connectivity index (χ3n) is 5.92. The third kappa shape index (κ3) is 5.98. The molecule has 4 aromatic rings. The normalized spacial score (nSPS) is 11.7. The number of carboxylic acid groups (broad SMARTS) is 1. The number of rotatable bonds is 9. The molecular formula is C29H28N2O4. The molecule has 0 aliphatic carbocycles. The highest BCUT2D eigenvalue weighted by Gasteiger charge is 2.18. The van der Waals surface area contributed by atoms with E-state index in [-0.39, 0.29) is 18.4 Å². The molecule has 1 amide bonds. The molecule has 6 heteroatoms. The van der Waals surface area contributed by atoms with Gasteiger partial charge in [0.2, 0.25) is 0 Å². The number of carbonyl (C=O) groups excluding carboxylic acids is 1. The number of ether oxygens (including phenoxy) is 1. The van der Waals surface area contributed by atoms with Gasteiger partial charge in [-0.05, 0) is 78.1 Å². The lowest BCUT2D eigenvalue weighted by molar-refractivity contribution is -0.137. The summed E-state index contributed by atoms with van der Waals surface area (Å²) in [5, 5.41) is 14.3. The van der Waals surface area contributed by atoms with Gasteiger partial charge in [-0.2, -0.15) is 0 Å². The van der Waals surface area contributed by atoms with Crippen molar-refractivity contribution in [2.75, 3.05) is 5.73 Å². The van der Waals surface area contributed by atoms with E-state index < -0.39 is 5.97 Å². The average molecular weight is 469 g/mol. The van der Waals surface area contributed by atoms with Crippen molar-refractivity contribution in [3.05, 3.63) is 102 Å². The van der Waals surface area contributed by atoms with Gasteiger partial charge in [0.1, 0.15) is 11.5 Å². The molecule has 4 rings (SSSR count). The van der Waals surface area contributed by atoms with Crippen LogP contribution in [0.4, 0.5) is 5.69 Å². The van der Waals surface area contributed by atoms with Crippen LogP contribution in [0.1, 0.15) is 47.3 Å². The number of nitrogens with two attached hydrogens (primary N) is 1. The Labute approximate surface area is 204 Å². The highest BCUT2D eigenvalue weighted by molar-refractivity contribution is 5.97. The summed E-state index contributed by atoms with van der Waals surface area (Å²) in [7, 11) is 0. The van der Waals surface area contributed by atoms with E-state index in [9.17, 15) is 9.59 Å². The van der Waals surface area contributed by atoms with Gasteiger partial charge in [0.05, 0.1) is 6.04 Å². The van der Waals surface area contributed by atoms with Crippen LogP contribution < -0.4 is 15.8 Å². The van der Waals surface area contributed by atoms with Crippen molar-refractivity contribution in [3.63, 3.8) is 0 Å². The number of aryl methyl sites for hydroxylation is 1. The predicted molar refractivity (Wildman–Crippen MR) is 138 cm³/mol. The second kappa shape index (κ2) is 10.7. The molecule has 1 atom stereocenters. The average Bonchev–Trinajstić information content (AvgIpc) is 2.85. The highest BCUT2D eigenvalue weighted by Crippen LogP contribution is 2.28. The van der Waals surface area contributed by atoms with E-state index in [1.807, 2.05) is 55.5 Å². The highest BCUT2D eigenvalue weighted by atomic mass is 16.5. The molecule has 35 heavy (non-hydrogen) atoms. The van der Waals surface area contributed by atoms with Gasteiger partial charge in [0, 0.05) is 17.7 Å². The molecule has 178 valence electrons.